The molecule has 0 unspecified atom stereocenters. The molecule has 0 aliphatic rings. The van der Waals surface area contributed by atoms with E-state index in [1.54, 1.807) is 11.1 Å². The van der Waals surface area contributed by atoms with Crippen molar-refractivity contribution in [3.05, 3.63) is 11.1 Å². The van der Waals surface area contributed by atoms with Crippen LogP contribution in [0.1, 0.15) is 18.2 Å². The summed E-state index contributed by atoms with van der Waals surface area (Å²) in [6, 6.07) is -0.203. The van der Waals surface area contributed by atoms with Gasteiger partial charge in [0.15, 0.2) is 5.13 Å². The first kappa shape index (κ1) is 12.9. The number of aromatic nitrogens is 1. The Kier molecular flexibility index (Phi) is 5.21. The lowest BCUT2D eigenvalue weighted by molar-refractivity contribution is 0.188. The Morgan fingerprint density at radius 2 is 2.38 bits per heavy atom. The first-order valence-corrected chi connectivity index (χ1v) is 6.08. The fourth-order valence-electron chi connectivity index (χ4n) is 1.29. The minimum atomic E-state index is -0.203. The fraction of sp³-hybridized carbons (Fsp3) is 0.600. The van der Waals surface area contributed by atoms with Crippen LogP contribution in [0.5, 0.6) is 0 Å². The minimum absolute atomic E-state index is 0.0235. The van der Waals surface area contributed by atoms with Crippen molar-refractivity contribution in [3.8, 4) is 0 Å². The van der Waals surface area contributed by atoms with Gasteiger partial charge in [-0.25, -0.2) is 9.78 Å². The Morgan fingerprint density at radius 1 is 1.62 bits per heavy atom. The summed E-state index contributed by atoms with van der Waals surface area (Å²) in [4.78, 5) is 18.5. The maximum Gasteiger partial charge on any atom is 0.323 e. The standard InChI is InChI=1S/C10H17N3O2S/c1-3-4-13(5-6-14)10(15)12-9-11-7-8(2)16-9/h7,14H,3-6H2,1-2H3,(H,11,12,15). The van der Waals surface area contributed by atoms with Gasteiger partial charge in [-0.05, 0) is 13.3 Å². The van der Waals surface area contributed by atoms with Crippen molar-refractivity contribution in [1.82, 2.24) is 9.88 Å². The van der Waals surface area contributed by atoms with Crippen LogP contribution in [-0.2, 0) is 0 Å². The molecule has 1 heterocycles. The number of nitrogens with one attached hydrogen (secondary N) is 1. The molecule has 6 heteroatoms. The van der Waals surface area contributed by atoms with Crippen molar-refractivity contribution in [2.75, 3.05) is 25.0 Å². The third-order valence-corrected chi connectivity index (χ3v) is 2.81. The Balaban J connectivity index is 2.54. The molecule has 0 fully saturated rings. The van der Waals surface area contributed by atoms with Crippen LogP contribution >= 0.6 is 11.3 Å². The van der Waals surface area contributed by atoms with Crippen LogP contribution in [0.25, 0.3) is 0 Å². The van der Waals surface area contributed by atoms with Gasteiger partial charge in [0.05, 0.1) is 6.61 Å². The average Bonchev–Trinajstić information content (AvgIpc) is 2.63. The Bertz CT molecular complexity index is 335. The van der Waals surface area contributed by atoms with E-state index in [-0.39, 0.29) is 12.6 Å². The highest BCUT2D eigenvalue weighted by Crippen LogP contribution is 2.16. The highest BCUT2D eigenvalue weighted by atomic mass is 32.1. The molecule has 0 aromatic carbocycles. The number of hydrogen-bond acceptors (Lipinski definition) is 4. The number of aryl methyl sites for hydroxylation is 1. The number of amides is 2. The zero-order valence-electron chi connectivity index (χ0n) is 9.56. The lowest BCUT2D eigenvalue weighted by atomic mass is 10.4. The third-order valence-electron chi connectivity index (χ3n) is 1.99. The molecule has 1 aromatic heterocycles. The van der Waals surface area contributed by atoms with Gasteiger partial charge in [-0.1, -0.05) is 6.92 Å². The molecule has 90 valence electrons. The zero-order chi connectivity index (χ0) is 12.0. The predicted octanol–water partition coefficient (Wildman–Crippen LogP) is 1.69. The molecule has 16 heavy (non-hydrogen) atoms. The quantitative estimate of drug-likeness (QED) is 0.827. The van der Waals surface area contributed by atoms with E-state index in [9.17, 15) is 4.79 Å². The van der Waals surface area contributed by atoms with Gasteiger partial charge in [-0.15, -0.1) is 11.3 Å². The molecule has 0 saturated heterocycles. The zero-order valence-corrected chi connectivity index (χ0v) is 10.4. The molecule has 1 aromatic rings. The van der Waals surface area contributed by atoms with Gasteiger partial charge < -0.3 is 10.0 Å². The highest BCUT2D eigenvalue weighted by molar-refractivity contribution is 7.15. The molecule has 0 bridgehead atoms. The Labute approximate surface area is 99.1 Å². The monoisotopic (exact) mass is 243 g/mol. The molecular weight excluding hydrogens is 226 g/mol. The van der Waals surface area contributed by atoms with Crippen molar-refractivity contribution in [2.45, 2.75) is 20.3 Å². The first-order chi connectivity index (χ1) is 7.67. The lowest BCUT2D eigenvalue weighted by Crippen LogP contribution is -2.37. The molecule has 0 aliphatic heterocycles. The molecule has 2 amide bonds. The second kappa shape index (κ2) is 6.44. The second-order valence-electron chi connectivity index (χ2n) is 3.42. The Morgan fingerprint density at radius 3 is 2.88 bits per heavy atom. The van der Waals surface area contributed by atoms with Crippen LogP contribution < -0.4 is 5.32 Å². The van der Waals surface area contributed by atoms with Gasteiger partial charge in [-0.3, -0.25) is 5.32 Å². The highest BCUT2D eigenvalue weighted by Gasteiger charge is 2.13. The predicted molar refractivity (Wildman–Crippen MR) is 64.8 cm³/mol. The second-order valence-corrected chi connectivity index (χ2v) is 4.65. The summed E-state index contributed by atoms with van der Waals surface area (Å²) in [6.45, 7) is 4.89. The maximum atomic E-state index is 11.8. The van der Waals surface area contributed by atoms with Crippen molar-refractivity contribution in [2.24, 2.45) is 0 Å². The molecule has 0 atom stereocenters. The van der Waals surface area contributed by atoms with Gasteiger partial charge >= 0.3 is 6.03 Å². The topological polar surface area (TPSA) is 65.5 Å². The molecule has 1 rings (SSSR count). The van der Waals surface area contributed by atoms with Crippen LogP contribution in [0, 0.1) is 6.92 Å². The van der Waals surface area contributed by atoms with E-state index >= 15 is 0 Å². The van der Waals surface area contributed by atoms with Crippen LogP contribution in [0.3, 0.4) is 0 Å². The smallest absolute Gasteiger partial charge is 0.323 e. The van der Waals surface area contributed by atoms with E-state index in [0.717, 1.165) is 11.3 Å². The molecule has 0 spiro atoms. The van der Waals surface area contributed by atoms with E-state index < -0.39 is 0 Å². The van der Waals surface area contributed by atoms with Gasteiger partial charge in [0.1, 0.15) is 0 Å². The number of carbonyl (C=O) groups is 1. The van der Waals surface area contributed by atoms with Gasteiger partial charge in [0.25, 0.3) is 0 Å². The van der Waals surface area contributed by atoms with Crippen molar-refractivity contribution >= 4 is 22.5 Å². The molecule has 2 N–H and O–H groups in total. The molecule has 5 nitrogen and oxygen atoms in total. The van der Waals surface area contributed by atoms with E-state index in [1.807, 2.05) is 13.8 Å². The van der Waals surface area contributed by atoms with Crippen LogP contribution in [0.4, 0.5) is 9.93 Å². The van der Waals surface area contributed by atoms with Crippen molar-refractivity contribution < 1.29 is 9.90 Å². The largest absolute Gasteiger partial charge is 0.395 e. The maximum absolute atomic E-state index is 11.8. The van der Waals surface area contributed by atoms with Gasteiger partial charge in [0, 0.05) is 24.2 Å². The molecule has 0 saturated carbocycles. The number of anilines is 1. The van der Waals surface area contributed by atoms with Crippen molar-refractivity contribution in [3.63, 3.8) is 0 Å². The normalized spacial score (nSPS) is 10.2. The van der Waals surface area contributed by atoms with E-state index in [1.165, 1.54) is 11.3 Å². The number of nitrogens with zero attached hydrogens (tertiary/aromatic N) is 2. The number of carbonyl (C=O) groups excluding carboxylic acids is 1. The van der Waals surface area contributed by atoms with Crippen LogP contribution in [0.2, 0.25) is 0 Å². The third kappa shape index (κ3) is 3.79. The number of aliphatic hydroxyl groups excluding tert-OH is 1. The number of urea groups is 1. The Hall–Kier alpha value is -1.14. The molecular formula is C10H17N3O2S. The molecule has 0 aliphatic carbocycles. The summed E-state index contributed by atoms with van der Waals surface area (Å²) in [5.41, 5.74) is 0. The van der Waals surface area contributed by atoms with E-state index in [2.05, 4.69) is 10.3 Å². The van der Waals surface area contributed by atoms with Gasteiger partial charge in [-0.2, -0.15) is 0 Å². The fourth-order valence-corrected chi connectivity index (χ4v) is 1.94. The van der Waals surface area contributed by atoms with Crippen molar-refractivity contribution in [1.29, 1.82) is 0 Å². The van der Waals surface area contributed by atoms with E-state index in [0.29, 0.717) is 18.2 Å². The number of thiazole rings is 1. The number of aliphatic hydroxyl groups is 1. The summed E-state index contributed by atoms with van der Waals surface area (Å²) in [6.07, 6.45) is 2.58. The van der Waals surface area contributed by atoms with Gasteiger partial charge in [0.2, 0.25) is 0 Å². The summed E-state index contributed by atoms with van der Waals surface area (Å²) in [5, 5.41) is 12.2. The number of hydrogen-bond donors (Lipinski definition) is 2. The summed E-state index contributed by atoms with van der Waals surface area (Å²) in [5.74, 6) is 0. The lowest BCUT2D eigenvalue weighted by Gasteiger charge is -2.20. The van der Waals surface area contributed by atoms with Crippen LogP contribution in [0.15, 0.2) is 6.20 Å². The first-order valence-electron chi connectivity index (χ1n) is 5.26. The molecule has 0 radical (unpaired) electrons. The number of rotatable bonds is 5. The van der Waals surface area contributed by atoms with E-state index in [4.69, 9.17) is 5.11 Å². The minimum Gasteiger partial charge on any atom is -0.395 e. The average molecular weight is 243 g/mol. The van der Waals surface area contributed by atoms with Crippen LogP contribution in [-0.4, -0.2) is 40.7 Å². The summed E-state index contributed by atoms with van der Waals surface area (Å²) >= 11 is 1.44. The summed E-state index contributed by atoms with van der Waals surface area (Å²) < 4.78 is 0. The SMILES string of the molecule is CCCN(CCO)C(=O)Nc1ncc(C)s1. The summed E-state index contributed by atoms with van der Waals surface area (Å²) in [7, 11) is 0.